The van der Waals surface area contributed by atoms with Gasteiger partial charge >= 0.3 is 0 Å². The number of benzene rings is 1. The van der Waals surface area contributed by atoms with Crippen molar-refractivity contribution in [3.8, 4) is 11.4 Å². The number of fused-ring (bicyclic) bond motifs is 3. The molecule has 0 N–H and O–H groups in total. The van der Waals surface area contributed by atoms with Crippen molar-refractivity contribution in [1.29, 1.82) is 0 Å². The number of amides is 1. The Bertz CT molecular complexity index is 1260. The zero-order valence-electron chi connectivity index (χ0n) is 20.0. The summed E-state index contributed by atoms with van der Waals surface area (Å²) in [6.07, 6.45) is 4.21. The Balaban J connectivity index is 1.50. The highest BCUT2D eigenvalue weighted by molar-refractivity contribution is 7.99. The summed E-state index contributed by atoms with van der Waals surface area (Å²) in [5.41, 5.74) is 1.88. The number of carbonyl (C=O) groups is 1. The van der Waals surface area contributed by atoms with Crippen molar-refractivity contribution in [2.24, 2.45) is 11.8 Å². The lowest BCUT2D eigenvalue weighted by Crippen LogP contribution is -2.43. The van der Waals surface area contributed by atoms with Gasteiger partial charge in [-0.3, -0.25) is 14.2 Å². The zero-order chi connectivity index (χ0) is 23.8. The first-order valence-corrected chi connectivity index (χ1v) is 14.0. The molecule has 5 rings (SSSR count). The summed E-state index contributed by atoms with van der Waals surface area (Å²) in [7, 11) is 0. The molecule has 2 aliphatic rings. The molecule has 3 aromatic rings. The van der Waals surface area contributed by atoms with E-state index in [2.05, 4.69) is 13.8 Å². The highest BCUT2D eigenvalue weighted by atomic mass is 32.2. The minimum absolute atomic E-state index is 0.0382. The molecule has 2 unspecified atom stereocenters. The minimum Gasteiger partial charge on any atom is -0.494 e. The van der Waals surface area contributed by atoms with Crippen LogP contribution in [0.15, 0.2) is 34.2 Å². The maximum absolute atomic E-state index is 13.8. The molecule has 0 spiro atoms. The molecule has 3 heterocycles. The van der Waals surface area contributed by atoms with Gasteiger partial charge in [0, 0.05) is 18.0 Å². The summed E-state index contributed by atoms with van der Waals surface area (Å²) in [6, 6.07) is 7.55. The van der Waals surface area contributed by atoms with Crippen LogP contribution in [0, 0.1) is 11.8 Å². The first kappa shape index (κ1) is 23.4. The number of nitrogens with zero attached hydrogens (tertiary/aromatic N) is 3. The molecule has 0 bridgehead atoms. The topological polar surface area (TPSA) is 64.4 Å². The van der Waals surface area contributed by atoms with Gasteiger partial charge in [-0.15, -0.1) is 11.3 Å². The van der Waals surface area contributed by atoms with Crippen LogP contribution in [0.4, 0.5) is 0 Å². The number of hydrogen-bond donors (Lipinski definition) is 0. The quantitative estimate of drug-likeness (QED) is 0.357. The predicted molar refractivity (Wildman–Crippen MR) is 139 cm³/mol. The lowest BCUT2D eigenvalue weighted by Gasteiger charge is -2.35. The van der Waals surface area contributed by atoms with Crippen LogP contribution >= 0.6 is 23.1 Å². The van der Waals surface area contributed by atoms with E-state index < -0.39 is 0 Å². The van der Waals surface area contributed by atoms with Gasteiger partial charge in [0.05, 0.1) is 23.4 Å². The van der Waals surface area contributed by atoms with Gasteiger partial charge in [-0.25, -0.2) is 4.98 Å². The SMILES string of the molecule is CCOc1ccc(-n2c(SCC(=O)N3CC(C)CC(C)C3)nc3sc4c(c3c2=O)CCC4)cc1. The van der Waals surface area contributed by atoms with Gasteiger partial charge in [0.2, 0.25) is 5.91 Å². The van der Waals surface area contributed by atoms with Gasteiger partial charge in [-0.2, -0.15) is 0 Å². The van der Waals surface area contributed by atoms with Crippen LogP contribution in [0.1, 0.15) is 44.1 Å². The smallest absolute Gasteiger partial charge is 0.267 e. The molecule has 0 saturated carbocycles. The van der Waals surface area contributed by atoms with E-state index in [1.54, 1.807) is 15.9 Å². The Morgan fingerprint density at radius 2 is 1.91 bits per heavy atom. The summed E-state index contributed by atoms with van der Waals surface area (Å²) in [4.78, 5) is 35.9. The number of carbonyl (C=O) groups excluding carboxylic acids is 1. The molecular formula is C26H31N3O3S2. The van der Waals surface area contributed by atoms with Crippen LogP contribution in [0.5, 0.6) is 5.75 Å². The van der Waals surface area contributed by atoms with Crippen LogP contribution in [-0.4, -0.2) is 45.8 Å². The summed E-state index contributed by atoms with van der Waals surface area (Å²) in [6.45, 7) is 8.56. The molecule has 1 fully saturated rings. The average molecular weight is 498 g/mol. The average Bonchev–Trinajstić information content (AvgIpc) is 3.39. The van der Waals surface area contributed by atoms with Crippen molar-refractivity contribution in [1.82, 2.24) is 14.5 Å². The molecule has 1 aromatic carbocycles. The normalized spacial score (nSPS) is 20.0. The van der Waals surface area contributed by atoms with Crippen molar-refractivity contribution in [3.05, 3.63) is 45.1 Å². The second-order valence-electron chi connectivity index (χ2n) is 9.53. The summed E-state index contributed by atoms with van der Waals surface area (Å²) in [5.74, 6) is 2.19. The molecule has 1 aliphatic heterocycles. The third kappa shape index (κ3) is 4.50. The first-order valence-electron chi connectivity index (χ1n) is 12.2. The maximum atomic E-state index is 13.8. The van der Waals surface area contributed by atoms with E-state index in [0.717, 1.165) is 60.4 Å². The number of ether oxygens (including phenoxy) is 1. The fourth-order valence-electron chi connectivity index (χ4n) is 5.29. The number of thioether (sulfide) groups is 1. The Morgan fingerprint density at radius 3 is 2.62 bits per heavy atom. The highest BCUT2D eigenvalue weighted by Crippen LogP contribution is 2.36. The Morgan fingerprint density at radius 1 is 1.18 bits per heavy atom. The fraction of sp³-hybridized carbons (Fsp3) is 0.500. The van der Waals surface area contributed by atoms with Crippen molar-refractivity contribution in [2.75, 3.05) is 25.4 Å². The van der Waals surface area contributed by atoms with Gasteiger partial charge in [0.1, 0.15) is 10.6 Å². The third-order valence-corrected chi connectivity index (χ3v) is 8.77. The van der Waals surface area contributed by atoms with Crippen molar-refractivity contribution >= 4 is 39.2 Å². The molecular weight excluding hydrogens is 466 g/mol. The molecule has 2 aromatic heterocycles. The van der Waals surface area contributed by atoms with Crippen LogP contribution in [-0.2, 0) is 17.6 Å². The Kier molecular flexibility index (Phi) is 6.71. The molecule has 180 valence electrons. The number of rotatable bonds is 6. The molecule has 34 heavy (non-hydrogen) atoms. The lowest BCUT2D eigenvalue weighted by molar-refractivity contribution is -0.130. The number of likely N-dealkylation sites (tertiary alicyclic amines) is 1. The second kappa shape index (κ2) is 9.74. The molecule has 8 heteroatoms. The molecule has 1 amide bonds. The van der Waals surface area contributed by atoms with Crippen LogP contribution in [0.3, 0.4) is 0 Å². The Labute approximate surface area is 208 Å². The van der Waals surface area contributed by atoms with Crippen LogP contribution < -0.4 is 10.3 Å². The Hall–Kier alpha value is -2.32. The van der Waals surface area contributed by atoms with E-state index in [1.165, 1.54) is 22.2 Å². The van der Waals surface area contributed by atoms with Crippen molar-refractivity contribution in [3.63, 3.8) is 0 Å². The molecule has 1 aliphatic carbocycles. The van der Waals surface area contributed by atoms with Crippen molar-refractivity contribution < 1.29 is 9.53 Å². The third-order valence-electron chi connectivity index (χ3n) is 6.66. The van der Waals surface area contributed by atoms with E-state index in [1.807, 2.05) is 36.1 Å². The molecule has 1 saturated heterocycles. The lowest BCUT2D eigenvalue weighted by atomic mass is 9.92. The van der Waals surface area contributed by atoms with Gasteiger partial charge in [0.15, 0.2) is 5.16 Å². The van der Waals surface area contributed by atoms with Gasteiger partial charge in [-0.1, -0.05) is 25.6 Å². The fourth-order valence-corrected chi connectivity index (χ4v) is 7.51. The van der Waals surface area contributed by atoms with Crippen LogP contribution in [0.25, 0.3) is 15.9 Å². The van der Waals surface area contributed by atoms with Crippen molar-refractivity contribution in [2.45, 2.75) is 51.6 Å². The standard InChI is InChI=1S/C26H31N3O3S2/c1-4-32-19-10-8-18(9-11-19)29-25(31)23-20-6-5-7-21(20)34-24(23)27-26(29)33-15-22(30)28-13-16(2)12-17(3)14-28/h8-11,16-17H,4-7,12-15H2,1-3H3. The summed E-state index contributed by atoms with van der Waals surface area (Å²) >= 11 is 3.00. The van der Waals surface area contributed by atoms with Crippen LogP contribution in [0.2, 0.25) is 0 Å². The highest BCUT2D eigenvalue weighted by Gasteiger charge is 2.27. The van der Waals surface area contributed by atoms with E-state index in [-0.39, 0.29) is 17.2 Å². The minimum atomic E-state index is -0.0382. The largest absolute Gasteiger partial charge is 0.494 e. The second-order valence-corrected chi connectivity index (χ2v) is 11.6. The number of aryl methyl sites for hydroxylation is 2. The number of thiophene rings is 1. The molecule has 0 radical (unpaired) electrons. The van der Waals surface area contributed by atoms with E-state index in [9.17, 15) is 9.59 Å². The first-order chi connectivity index (χ1) is 16.4. The summed E-state index contributed by atoms with van der Waals surface area (Å²) < 4.78 is 7.27. The van der Waals surface area contributed by atoms with E-state index >= 15 is 0 Å². The van der Waals surface area contributed by atoms with E-state index in [4.69, 9.17) is 9.72 Å². The monoisotopic (exact) mass is 497 g/mol. The van der Waals surface area contributed by atoms with Gasteiger partial charge < -0.3 is 9.64 Å². The number of aromatic nitrogens is 2. The summed E-state index contributed by atoms with van der Waals surface area (Å²) in [5, 5.41) is 1.33. The number of hydrogen-bond acceptors (Lipinski definition) is 6. The van der Waals surface area contributed by atoms with E-state index in [0.29, 0.717) is 23.6 Å². The molecule has 6 nitrogen and oxygen atoms in total. The predicted octanol–water partition coefficient (Wildman–Crippen LogP) is 4.93. The zero-order valence-corrected chi connectivity index (χ0v) is 21.6. The van der Waals surface area contributed by atoms with Gasteiger partial charge in [-0.05, 0) is 74.3 Å². The maximum Gasteiger partial charge on any atom is 0.267 e. The number of piperidine rings is 1. The molecule has 2 atom stereocenters. The van der Waals surface area contributed by atoms with Gasteiger partial charge in [0.25, 0.3) is 5.56 Å².